The molecule has 0 spiro atoms. The van der Waals surface area contributed by atoms with Gasteiger partial charge in [0.1, 0.15) is 0 Å². The summed E-state index contributed by atoms with van der Waals surface area (Å²) >= 11 is 0. The second-order valence-electron chi connectivity index (χ2n) is 7.31. The Hall–Kier alpha value is -0.0800. The van der Waals surface area contributed by atoms with E-state index in [-0.39, 0.29) is 0 Å². The molecule has 0 bridgehead atoms. The zero-order valence-electron chi connectivity index (χ0n) is 15.0. The average molecular weight is 298 g/mol. The molecule has 1 atom stereocenters. The van der Waals surface area contributed by atoms with Crippen molar-refractivity contribution < 1.29 is 4.74 Å². The van der Waals surface area contributed by atoms with Crippen molar-refractivity contribution in [1.82, 2.24) is 5.32 Å². The van der Waals surface area contributed by atoms with Crippen LogP contribution < -0.4 is 5.32 Å². The third kappa shape index (κ3) is 6.28. The van der Waals surface area contributed by atoms with E-state index in [4.69, 9.17) is 4.74 Å². The highest BCUT2D eigenvalue weighted by Gasteiger charge is 2.38. The first-order valence-corrected chi connectivity index (χ1v) is 9.38. The molecule has 0 aromatic heterocycles. The molecule has 0 radical (unpaired) electrons. The fraction of sp³-hybridized carbons (Fsp3) is 1.00. The molecule has 0 aromatic rings. The minimum atomic E-state index is 0.524. The van der Waals surface area contributed by atoms with Crippen LogP contribution in [-0.2, 0) is 4.74 Å². The number of unbranched alkanes of at least 4 members (excludes halogenated alkanes) is 1. The molecule has 2 nitrogen and oxygen atoms in total. The van der Waals surface area contributed by atoms with E-state index in [1.54, 1.807) is 0 Å². The Bertz CT molecular complexity index is 246. The van der Waals surface area contributed by atoms with Gasteiger partial charge in [0.2, 0.25) is 0 Å². The van der Waals surface area contributed by atoms with E-state index in [2.05, 4.69) is 26.1 Å². The Kier molecular flexibility index (Phi) is 9.59. The van der Waals surface area contributed by atoms with E-state index in [0.717, 1.165) is 25.0 Å². The summed E-state index contributed by atoms with van der Waals surface area (Å²) in [5.74, 6) is 1.77. The molecule has 0 aliphatic heterocycles. The van der Waals surface area contributed by atoms with Gasteiger partial charge in [0.25, 0.3) is 0 Å². The van der Waals surface area contributed by atoms with Gasteiger partial charge < -0.3 is 10.1 Å². The summed E-state index contributed by atoms with van der Waals surface area (Å²) in [7, 11) is 1.83. The molecule has 1 aliphatic carbocycles. The van der Waals surface area contributed by atoms with E-state index in [0.29, 0.717) is 5.41 Å². The molecular weight excluding hydrogens is 258 g/mol. The van der Waals surface area contributed by atoms with Crippen molar-refractivity contribution in [3.8, 4) is 0 Å². The Morgan fingerprint density at radius 3 is 2.48 bits per heavy atom. The van der Waals surface area contributed by atoms with E-state index in [1.807, 2.05) is 7.11 Å². The average Bonchev–Trinajstić information content (AvgIpc) is 2.52. The fourth-order valence-corrected chi connectivity index (χ4v) is 3.99. The predicted octanol–water partition coefficient (Wildman–Crippen LogP) is 5.03. The summed E-state index contributed by atoms with van der Waals surface area (Å²) in [5.41, 5.74) is 0.524. The van der Waals surface area contributed by atoms with Crippen molar-refractivity contribution in [3.05, 3.63) is 0 Å². The lowest BCUT2D eigenvalue weighted by atomic mass is 9.62. The summed E-state index contributed by atoms with van der Waals surface area (Å²) in [4.78, 5) is 0. The second-order valence-corrected chi connectivity index (χ2v) is 7.31. The maximum atomic E-state index is 5.33. The lowest BCUT2D eigenvalue weighted by molar-refractivity contribution is 0.0551. The van der Waals surface area contributed by atoms with Gasteiger partial charge in [-0.2, -0.15) is 0 Å². The fourth-order valence-electron chi connectivity index (χ4n) is 3.99. The van der Waals surface area contributed by atoms with E-state index in [1.165, 1.54) is 64.3 Å². The number of hydrogen-bond donors (Lipinski definition) is 1. The van der Waals surface area contributed by atoms with Crippen molar-refractivity contribution >= 4 is 0 Å². The van der Waals surface area contributed by atoms with Crippen molar-refractivity contribution in [3.63, 3.8) is 0 Å². The van der Waals surface area contributed by atoms with Crippen LogP contribution >= 0.6 is 0 Å². The standard InChI is InChI=1S/C19H39NO/c1-5-7-8-18-9-12-19(13-10-18,16-20-14-6-2)17(3)11-15-21-4/h17-18,20H,5-16H2,1-4H3. The molecule has 1 unspecified atom stereocenters. The largest absolute Gasteiger partial charge is 0.385 e. The van der Waals surface area contributed by atoms with Crippen LogP contribution in [0, 0.1) is 17.3 Å². The topological polar surface area (TPSA) is 21.3 Å². The number of hydrogen-bond acceptors (Lipinski definition) is 2. The Labute approximate surface area is 133 Å². The van der Waals surface area contributed by atoms with E-state index < -0.39 is 0 Å². The molecule has 0 heterocycles. The third-order valence-corrected chi connectivity index (χ3v) is 5.77. The summed E-state index contributed by atoms with van der Waals surface area (Å²) in [5, 5.41) is 3.72. The van der Waals surface area contributed by atoms with Crippen LogP contribution in [0.4, 0.5) is 0 Å². The van der Waals surface area contributed by atoms with Gasteiger partial charge in [0.05, 0.1) is 0 Å². The van der Waals surface area contributed by atoms with Crippen LogP contribution in [-0.4, -0.2) is 26.8 Å². The van der Waals surface area contributed by atoms with Crippen LogP contribution in [0.3, 0.4) is 0 Å². The third-order valence-electron chi connectivity index (χ3n) is 5.77. The smallest absolute Gasteiger partial charge is 0.0465 e. The molecular formula is C19H39NO. The number of rotatable bonds is 11. The molecule has 2 heteroatoms. The zero-order valence-corrected chi connectivity index (χ0v) is 15.0. The Morgan fingerprint density at radius 2 is 1.90 bits per heavy atom. The molecule has 1 rings (SSSR count). The Morgan fingerprint density at radius 1 is 1.19 bits per heavy atom. The van der Waals surface area contributed by atoms with Gasteiger partial charge in [-0.05, 0) is 62.3 Å². The van der Waals surface area contributed by atoms with Crippen molar-refractivity contribution in [1.29, 1.82) is 0 Å². The predicted molar refractivity (Wildman–Crippen MR) is 92.7 cm³/mol. The lowest BCUT2D eigenvalue weighted by Gasteiger charge is -2.45. The van der Waals surface area contributed by atoms with Gasteiger partial charge in [-0.25, -0.2) is 0 Å². The highest BCUT2D eigenvalue weighted by atomic mass is 16.5. The molecule has 1 aliphatic rings. The number of methoxy groups -OCH3 is 1. The maximum Gasteiger partial charge on any atom is 0.0465 e. The normalized spacial score (nSPS) is 27.7. The van der Waals surface area contributed by atoms with Crippen molar-refractivity contribution in [2.75, 3.05) is 26.8 Å². The van der Waals surface area contributed by atoms with Crippen LogP contribution in [0.1, 0.15) is 78.6 Å². The zero-order chi connectivity index (χ0) is 15.6. The summed E-state index contributed by atoms with van der Waals surface area (Å²) in [6.45, 7) is 10.3. The first-order valence-electron chi connectivity index (χ1n) is 9.38. The molecule has 0 amide bonds. The second kappa shape index (κ2) is 10.6. The first kappa shape index (κ1) is 19.0. The molecule has 0 saturated heterocycles. The number of ether oxygens (including phenoxy) is 1. The monoisotopic (exact) mass is 297 g/mol. The van der Waals surface area contributed by atoms with Crippen LogP contribution in [0.5, 0.6) is 0 Å². The molecule has 126 valence electrons. The van der Waals surface area contributed by atoms with Gasteiger partial charge in [-0.1, -0.05) is 40.0 Å². The van der Waals surface area contributed by atoms with Gasteiger partial charge >= 0.3 is 0 Å². The summed E-state index contributed by atoms with van der Waals surface area (Å²) in [6, 6.07) is 0. The summed E-state index contributed by atoms with van der Waals surface area (Å²) < 4.78 is 5.33. The molecule has 0 aromatic carbocycles. The van der Waals surface area contributed by atoms with Gasteiger partial charge in [-0.3, -0.25) is 0 Å². The molecule has 21 heavy (non-hydrogen) atoms. The SMILES string of the molecule is CCCCC1CCC(CNCCC)(C(C)CCOC)CC1. The van der Waals surface area contributed by atoms with Gasteiger partial charge in [0.15, 0.2) is 0 Å². The van der Waals surface area contributed by atoms with Gasteiger partial charge in [-0.15, -0.1) is 0 Å². The molecule has 1 fully saturated rings. The highest BCUT2D eigenvalue weighted by molar-refractivity contribution is 4.91. The van der Waals surface area contributed by atoms with Gasteiger partial charge in [0, 0.05) is 20.3 Å². The van der Waals surface area contributed by atoms with Crippen molar-refractivity contribution in [2.45, 2.75) is 78.6 Å². The first-order chi connectivity index (χ1) is 10.2. The van der Waals surface area contributed by atoms with E-state index >= 15 is 0 Å². The van der Waals surface area contributed by atoms with Crippen molar-refractivity contribution in [2.24, 2.45) is 17.3 Å². The highest BCUT2D eigenvalue weighted by Crippen LogP contribution is 2.46. The number of nitrogens with one attached hydrogen (secondary N) is 1. The molecule has 1 N–H and O–H groups in total. The van der Waals surface area contributed by atoms with E-state index in [9.17, 15) is 0 Å². The summed E-state index contributed by atoms with van der Waals surface area (Å²) in [6.07, 6.45) is 12.4. The van der Waals surface area contributed by atoms with Crippen LogP contribution in [0.15, 0.2) is 0 Å². The van der Waals surface area contributed by atoms with Crippen LogP contribution in [0.2, 0.25) is 0 Å². The maximum absolute atomic E-state index is 5.33. The minimum Gasteiger partial charge on any atom is -0.385 e. The minimum absolute atomic E-state index is 0.524. The Balaban J connectivity index is 2.53. The quantitative estimate of drug-likeness (QED) is 0.540. The lowest BCUT2D eigenvalue weighted by Crippen LogP contribution is -2.43. The molecule has 1 saturated carbocycles. The van der Waals surface area contributed by atoms with Crippen LogP contribution in [0.25, 0.3) is 0 Å².